The second kappa shape index (κ2) is 7.42. The average Bonchev–Trinajstić information content (AvgIpc) is 2.84. The molecule has 3 N–H and O–H groups in total. The van der Waals surface area contributed by atoms with Gasteiger partial charge in [0.25, 0.3) is 0 Å². The van der Waals surface area contributed by atoms with E-state index in [2.05, 4.69) is 10.6 Å². The minimum absolute atomic E-state index is 0.123. The van der Waals surface area contributed by atoms with E-state index in [4.69, 9.17) is 4.42 Å². The topological polar surface area (TPSA) is 77.7 Å². The van der Waals surface area contributed by atoms with E-state index in [0.717, 1.165) is 0 Å². The fourth-order valence-corrected chi connectivity index (χ4v) is 1.94. The van der Waals surface area contributed by atoms with Gasteiger partial charge in [-0.25, -0.2) is 0 Å². The minimum Gasteiger partial charge on any atom is -0.467 e. The second-order valence-corrected chi connectivity index (χ2v) is 5.63. The van der Waals surface area contributed by atoms with Gasteiger partial charge in [0.2, 0.25) is 5.91 Å². The minimum atomic E-state index is -0.876. The lowest BCUT2D eigenvalue weighted by Gasteiger charge is -2.28. The van der Waals surface area contributed by atoms with Crippen LogP contribution in [0.3, 0.4) is 0 Å². The van der Waals surface area contributed by atoms with Crippen LogP contribution in [0.5, 0.6) is 0 Å². The fraction of sp³-hybridized carbons (Fsp3) is 0.643. The summed E-state index contributed by atoms with van der Waals surface area (Å²) in [6, 6.07) is 3.21. The number of hydrogen-bond acceptors (Lipinski definition) is 5. The van der Waals surface area contributed by atoms with Crippen molar-refractivity contribution in [2.24, 2.45) is 0 Å². The third-order valence-corrected chi connectivity index (χ3v) is 2.86. The molecule has 0 saturated heterocycles. The molecule has 2 atom stereocenters. The van der Waals surface area contributed by atoms with Gasteiger partial charge in [0, 0.05) is 13.1 Å². The highest BCUT2D eigenvalue weighted by Crippen LogP contribution is 2.03. The van der Waals surface area contributed by atoms with Gasteiger partial charge >= 0.3 is 0 Å². The van der Waals surface area contributed by atoms with E-state index in [1.165, 1.54) is 0 Å². The number of hydrogen-bond donors (Lipinski definition) is 3. The third kappa shape index (κ3) is 6.18. The van der Waals surface area contributed by atoms with Crippen molar-refractivity contribution in [2.75, 3.05) is 27.2 Å². The maximum Gasteiger partial charge on any atom is 0.237 e. The lowest BCUT2D eigenvalue weighted by Crippen LogP contribution is -2.51. The lowest BCUT2D eigenvalue weighted by atomic mass is 10.1. The van der Waals surface area contributed by atoms with Crippen molar-refractivity contribution >= 4 is 5.91 Å². The van der Waals surface area contributed by atoms with Crippen LogP contribution in [0.15, 0.2) is 22.8 Å². The summed E-state index contributed by atoms with van der Waals surface area (Å²) in [5.41, 5.74) is -0.876. The Morgan fingerprint density at radius 2 is 2.25 bits per heavy atom. The maximum absolute atomic E-state index is 11.9. The lowest BCUT2D eigenvalue weighted by molar-refractivity contribution is -0.123. The van der Waals surface area contributed by atoms with Crippen LogP contribution in [0.25, 0.3) is 0 Å². The molecule has 0 spiro atoms. The SMILES string of the molecule is CC(NCC(C)(O)CN(C)C)C(=O)NCc1ccco1. The molecule has 6 heteroatoms. The molecular weight excluding hydrogens is 258 g/mol. The molecule has 114 valence electrons. The number of amides is 1. The Kier molecular flexibility index (Phi) is 6.19. The number of carbonyl (C=O) groups is 1. The Bertz CT molecular complexity index is 402. The fourth-order valence-electron chi connectivity index (χ4n) is 1.94. The van der Waals surface area contributed by atoms with E-state index in [-0.39, 0.29) is 11.9 Å². The van der Waals surface area contributed by atoms with Gasteiger partial charge in [-0.3, -0.25) is 4.79 Å². The van der Waals surface area contributed by atoms with Crippen LogP contribution in [0.4, 0.5) is 0 Å². The van der Waals surface area contributed by atoms with Crippen LogP contribution in [0, 0.1) is 0 Å². The molecule has 1 amide bonds. The first-order valence-electron chi connectivity index (χ1n) is 6.71. The van der Waals surface area contributed by atoms with E-state index >= 15 is 0 Å². The van der Waals surface area contributed by atoms with Gasteiger partial charge in [0.05, 0.1) is 24.5 Å². The molecule has 0 aliphatic rings. The van der Waals surface area contributed by atoms with Crippen molar-refractivity contribution in [3.8, 4) is 0 Å². The molecule has 6 nitrogen and oxygen atoms in total. The quantitative estimate of drug-likeness (QED) is 0.635. The van der Waals surface area contributed by atoms with Gasteiger partial charge in [-0.1, -0.05) is 0 Å². The van der Waals surface area contributed by atoms with Gasteiger partial charge in [-0.05, 0) is 40.1 Å². The van der Waals surface area contributed by atoms with E-state index in [0.29, 0.717) is 25.4 Å². The molecule has 1 rings (SSSR count). The highest BCUT2D eigenvalue weighted by molar-refractivity contribution is 5.81. The number of carbonyl (C=O) groups excluding carboxylic acids is 1. The van der Waals surface area contributed by atoms with E-state index in [1.807, 2.05) is 19.0 Å². The van der Waals surface area contributed by atoms with Crippen molar-refractivity contribution in [3.05, 3.63) is 24.2 Å². The Morgan fingerprint density at radius 1 is 1.55 bits per heavy atom. The maximum atomic E-state index is 11.9. The van der Waals surface area contributed by atoms with E-state index < -0.39 is 5.60 Å². The number of aliphatic hydroxyl groups is 1. The first kappa shape index (κ1) is 16.7. The molecule has 0 radical (unpaired) electrons. The normalized spacial score (nSPS) is 15.9. The van der Waals surface area contributed by atoms with Crippen molar-refractivity contribution in [2.45, 2.75) is 32.0 Å². The second-order valence-electron chi connectivity index (χ2n) is 5.63. The molecule has 0 saturated carbocycles. The summed E-state index contributed by atoms with van der Waals surface area (Å²) >= 11 is 0. The number of rotatable bonds is 8. The zero-order valence-electron chi connectivity index (χ0n) is 12.6. The largest absolute Gasteiger partial charge is 0.467 e. The molecule has 1 aromatic heterocycles. The Balaban J connectivity index is 2.30. The summed E-state index contributed by atoms with van der Waals surface area (Å²) in [4.78, 5) is 13.8. The zero-order chi connectivity index (χ0) is 15.2. The zero-order valence-corrected chi connectivity index (χ0v) is 12.6. The van der Waals surface area contributed by atoms with Crippen LogP contribution in [-0.4, -0.2) is 54.7 Å². The first-order chi connectivity index (χ1) is 9.30. The van der Waals surface area contributed by atoms with Crippen molar-refractivity contribution in [1.29, 1.82) is 0 Å². The Hall–Kier alpha value is -1.37. The number of nitrogens with zero attached hydrogens (tertiary/aromatic N) is 1. The molecule has 1 aromatic rings. The molecule has 20 heavy (non-hydrogen) atoms. The Morgan fingerprint density at radius 3 is 2.80 bits per heavy atom. The highest BCUT2D eigenvalue weighted by Gasteiger charge is 2.23. The molecule has 1 heterocycles. The molecule has 0 aliphatic carbocycles. The summed E-state index contributed by atoms with van der Waals surface area (Å²) in [7, 11) is 3.79. The number of nitrogens with one attached hydrogen (secondary N) is 2. The van der Waals surface area contributed by atoms with Gasteiger partial charge in [0.15, 0.2) is 0 Å². The van der Waals surface area contributed by atoms with Gasteiger partial charge in [0.1, 0.15) is 5.76 Å². The monoisotopic (exact) mass is 283 g/mol. The standard InChI is InChI=1S/C14H25N3O3/c1-11(16-9-14(2,19)10-17(3)4)13(18)15-8-12-6-5-7-20-12/h5-7,11,16,19H,8-10H2,1-4H3,(H,15,18). The summed E-state index contributed by atoms with van der Waals surface area (Å²) < 4.78 is 5.14. The molecular formula is C14H25N3O3. The van der Waals surface area contributed by atoms with E-state index in [1.54, 1.807) is 32.2 Å². The van der Waals surface area contributed by atoms with Crippen LogP contribution in [-0.2, 0) is 11.3 Å². The molecule has 0 bridgehead atoms. The van der Waals surface area contributed by atoms with Crippen LogP contribution < -0.4 is 10.6 Å². The third-order valence-electron chi connectivity index (χ3n) is 2.86. The van der Waals surface area contributed by atoms with Gasteiger partial charge in [-0.15, -0.1) is 0 Å². The van der Waals surface area contributed by atoms with Crippen LogP contribution >= 0.6 is 0 Å². The summed E-state index contributed by atoms with van der Waals surface area (Å²) in [6.45, 7) is 4.75. The smallest absolute Gasteiger partial charge is 0.237 e. The predicted octanol–water partition coefficient (Wildman–Crippen LogP) is 0.187. The van der Waals surface area contributed by atoms with Crippen molar-refractivity contribution in [1.82, 2.24) is 15.5 Å². The van der Waals surface area contributed by atoms with E-state index in [9.17, 15) is 9.90 Å². The number of furan rings is 1. The predicted molar refractivity (Wildman–Crippen MR) is 77.2 cm³/mol. The molecule has 0 aliphatic heterocycles. The van der Waals surface area contributed by atoms with Gasteiger partial charge < -0.3 is 25.1 Å². The molecule has 0 aromatic carbocycles. The molecule has 0 fully saturated rings. The highest BCUT2D eigenvalue weighted by atomic mass is 16.3. The average molecular weight is 283 g/mol. The van der Waals surface area contributed by atoms with Crippen LogP contribution in [0.2, 0.25) is 0 Å². The van der Waals surface area contributed by atoms with Gasteiger partial charge in [-0.2, -0.15) is 0 Å². The van der Waals surface area contributed by atoms with Crippen molar-refractivity contribution in [3.63, 3.8) is 0 Å². The first-order valence-corrected chi connectivity index (χ1v) is 6.71. The number of likely N-dealkylation sites (N-methyl/N-ethyl adjacent to an activating group) is 1. The molecule has 2 unspecified atom stereocenters. The van der Waals surface area contributed by atoms with Crippen LogP contribution in [0.1, 0.15) is 19.6 Å². The summed E-state index contributed by atoms with van der Waals surface area (Å²) in [6.07, 6.45) is 1.57. The Labute approximate surface area is 120 Å². The summed E-state index contributed by atoms with van der Waals surface area (Å²) in [5, 5.41) is 16.0. The van der Waals surface area contributed by atoms with Crippen molar-refractivity contribution < 1.29 is 14.3 Å². The summed E-state index contributed by atoms with van der Waals surface area (Å²) in [5.74, 6) is 0.590.